The summed E-state index contributed by atoms with van der Waals surface area (Å²) in [7, 11) is 0. The minimum Gasteiger partial charge on any atom is -0.458 e. The second kappa shape index (κ2) is 3.04. The van der Waals surface area contributed by atoms with Crippen LogP contribution < -0.4 is 0 Å². The first-order valence-corrected chi connectivity index (χ1v) is 6.48. The highest BCUT2D eigenvalue weighted by atomic mass is 16.6. The van der Waals surface area contributed by atoms with E-state index in [4.69, 9.17) is 4.74 Å². The lowest BCUT2D eigenvalue weighted by molar-refractivity contribution is -0.142. The van der Waals surface area contributed by atoms with Gasteiger partial charge in [-0.1, -0.05) is 32.9 Å². The lowest BCUT2D eigenvalue weighted by Gasteiger charge is -2.51. The zero-order chi connectivity index (χ0) is 12.4. The lowest BCUT2D eigenvalue weighted by atomic mass is 9.52. The van der Waals surface area contributed by atoms with Gasteiger partial charge in [0.25, 0.3) is 0 Å². The molecular weight excluding hydrogens is 212 g/mol. The van der Waals surface area contributed by atoms with Crippen LogP contribution in [0.2, 0.25) is 0 Å². The minimum absolute atomic E-state index is 0.0814. The maximum absolute atomic E-state index is 12.1. The molecule has 3 aliphatic rings. The predicted molar refractivity (Wildman–Crippen MR) is 66.3 cm³/mol. The zero-order valence-corrected chi connectivity index (χ0v) is 11.0. The van der Waals surface area contributed by atoms with Crippen molar-refractivity contribution in [3.8, 4) is 0 Å². The van der Waals surface area contributed by atoms with E-state index >= 15 is 0 Å². The Morgan fingerprint density at radius 1 is 1.35 bits per heavy atom. The summed E-state index contributed by atoms with van der Waals surface area (Å²) in [5, 5.41) is 0. The molecule has 1 aliphatic heterocycles. The number of carbonyl (C=O) groups is 1. The summed E-state index contributed by atoms with van der Waals surface area (Å²) in [6, 6.07) is 0. The summed E-state index contributed by atoms with van der Waals surface area (Å²) in [4.78, 5) is 12.1. The molecule has 0 spiro atoms. The van der Waals surface area contributed by atoms with Gasteiger partial charge in [0.1, 0.15) is 6.10 Å². The van der Waals surface area contributed by atoms with Crippen molar-refractivity contribution in [2.24, 2.45) is 16.7 Å². The SMILES string of the molecule is CC1=C2C(=O)O[C@H]3CCC(C)(C)[C@H](C=C1)[C@@]23C. The molecule has 0 aromatic heterocycles. The summed E-state index contributed by atoms with van der Waals surface area (Å²) >= 11 is 0. The van der Waals surface area contributed by atoms with E-state index < -0.39 is 0 Å². The Labute approximate surface area is 103 Å². The standard InChI is InChI=1S/C15H20O2/c1-9-5-6-10-14(2,3)8-7-11-15(10,4)12(9)13(16)17-11/h5-6,10-11H,7-8H2,1-4H3/t10-,11-,15+/m0/s1. The Balaban J connectivity index is 2.20. The van der Waals surface area contributed by atoms with E-state index in [1.807, 2.05) is 6.92 Å². The van der Waals surface area contributed by atoms with Gasteiger partial charge in [-0.15, -0.1) is 0 Å². The smallest absolute Gasteiger partial charge is 0.335 e. The lowest BCUT2D eigenvalue weighted by Crippen LogP contribution is -2.49. The number of carbonyl (C=O) groups excluding carboxylic acids is 1. The van der Waals surface area contributed by atoms with Crippen molar-refractivity contribution in [2.75, 3.05) is 0 Å². The fraction of sp³-hybridized carbons (Fsp3) is 0.667. The molecule has 1 saturated heterocycles. The number of esters is 1. The Bertz CT molecular complexity index is 456. The molecule has 0 aromatic rings. The second-order valence-electron chi connectivity index (χ2n) is 6.60. The van der Waals surface area contributed by atoms with Crippen LogP contribution in [0.1, 0.15) is 40.5 Å². The third kappa shape index (κ3) is 1.19. The second-order valence-corrected chi connectivity index (χ2v) is 6.60. The van der Waals surface area contributed by atoms with Crippen molar-refractivity contribution in [3.63, 3.8) is 0 Å². The number of ether oxygens (including phenoxy) is 1. The van der Waals surface area contributed by atoms with Crippen LogP contribution in [0.25, 0.3) is 0 Å². The van der Waals surface area contributed by atoms with E-state index in [2.05, 4.69) is 32.9 Å². The van der Waals surface area contributed by atoms with Gasteiger partial charge in [0.15, 0.2) is 0 Å². The van der Waals surface area contributed by atoms with E-state index in [0.29, 0.717) is 5.92 Å². The van der Waals surface area contributed by atoms with Crippen molar-refractivity contribution in [2.45, 2.75) is 46.6 Å². The number of hydrogen-bond donors (Lipinski definition) is 0. The summed E-state index contributed by atoms with van der Waals surface area (Å²) in [5.74, 6) is 0.334. The Morgan fingerprint density at radius 3 is 2.76 bits per heavy atom. The van der Waals surface area contributed by atoms with Crippen molar-refractivity contribution in [1.29, 1.82) is 0 Å². The molecule has 3 atom stereocenters. The van der Waals surface area contributed by atoms with Gasteiger partial charge in [-0.2, -0.15) is 0 Å². The van der Waals surface area contributed by atoms with E-state index in [1.54, 1.807) is 0 Å². The average Bonchev–Trinajstić information content (AvgIpc) is 2.47. The largest absolute Gasteiger partial charge is 0.458 e. The molecule has 0 radical (unpaired) electrons. The van der Waals surface area contributed by atoms with Crippen LogP contribution in [0.4, 0.5) is 0 Å². The molecule has 0 aromatic carbocycles. The van der Waals surface area contributed by atoms with Gasteiger partial charge in [0.2, 0.25) is 0 Å². The molecule has 1 heterocycles. The van der Waals surface area contributed by atoms with Crippen LogP contribution in [-0.2, 0) is 9.53 Å². The van der Waals surface area contributed by atoms with Gasteiger partial charge in [-0.25, -0.2) is 4.79 Å². The Kier molecular flexibility index (Phi) is 1.98. The molecule has 1 saturated carbocycles. The van der Waals surface area contributed by atoms with Crippen molar-refractivity contribution >= 4 is 5.97 Å². The van der Waals surface area contributed by atoms with E-state index in [-0.39, 0.29) is 22.9 Å². The van der Waals surface area contributed by atoms with Crippen LogP contribution in [-0.4, -0.2) is 12.1 Å². The molecule has 2 fully saturated rings. The minimum atomic E-state index is -0.0995. The molecule has 0 bridgehead atoms. The maximum atomic E-state index is 12.1. The van der Waals surface area contributed by atoms with Gasteiger partial charge >= 0.3 is 5.97 Å². The highest BCUT2D eigenvalue weighted by Crippen LogP contribution is 2.61. The van der Waals surface area contributed by atoms with Crippen LogP contribution >= 0.6 is 0 Å². The topological polar surface area (TPSA) is 26.3 Å². The van der Waals surface area contributed by atoms with Gasteiger partial charge in [-0.3, -0.25) is 0 Å². The molecule has 2 aliphatic carbocycles. The summed E-state index contributed by atoms with van der Waals surface area (Å²) < 4.78 is 5.61. The fourth-order valence-electron chi connectivity index (χ4n) is 4.25. The Morgan fingerprint density at radius 2 is 2.06 bits per heavy atom. The number of hydrogen-bond acceptors (Lipinski definition) is 2. The molecule has 3 rings (SSSR count). The quantitative estimate of drug-likeness (QED) is 0.599. The van der Waals surface area contributed by atoms with Gasteiger partial charge in [-0.05, 0) is 36.7 Å². The summed E-state index contributed by atoms with van der Waals surface area (Å²) in [5.41, 5.74) is 2.18. The molecular formula is C15H20O2. The first kappa shape index (κ1) is 11.1. The zero-order valence-electron chi connectivity index (χ0n) is 11.0. The van der Waals surface area contributed by atoms with Gasteiger partial charge in [0.05, 0.1) is 5.57 Å². The number of allylic oxidation sites excluding steroid dienone is 3. The first-order valence-electron chi connectivity index (χ1n) is 6.48. The molecule has 92 valence electrons. The van der Waals surface area contributed by atoms with Crippen LogP contribution in [0.3, 0.4) is 0 Å². The van der Waals surface area contributed by atoms with Gasteiger partial charge in [0, 0.05) is 5.41 Å². The third-order valence-electron chi connectivity index (χ3n) is 5.13. The van der Waals surface area contributed by atoms with Crippen LogP contribution in [0.15, 0.2) is 23.3 Å². The predicted octanol–water partition coefficient (Wildman–Crippen LogP) is 3.24. The van der Waals surface area contributed by atoms with E-state index in [0.717, 1.165) is 24.0 Å². The highest BCUT2D eigenvalue weighted by Gasteiger charge is 2.61. The first-order chi connectivity index (χ1) is 7.87. The average molecular weight is 232 g/mol. The molecule has 0 unspecified atom stereocenters. The monoisotopic (exact) mass is 232 g/mol. The van der Waals surface area contributed by atoms with Gasteiger partial charge < -0.3 is 4.74 Å². The van der Waals surface area contributed by atoms with Crippen LogP contribution in [0, 0.1) is 16.7 Å². The van der Waals surface area contributed by atoms with E-state index in [1.165, 1.54) is 0 Å². The summed E-state index contributed by atoms with van der Waals surface area (Å²) in [6.45, 7) is 8.87. The number of rotatable bonds is 0. The van der Waals surface area contributed by atoms with Crippen LogP contribution in [0.5, 0.6) is 0 Å². The molecule has 0 amide bonds. The molecule has 2 nitrogen and oxygen atoms in total. The fourth-order valence-corrected chi connectivity index (χ4v) is 4.25. The summed E-state index contributed by atoms with van der Waals surface area (Å²) in [6.07, 6.45) is 6.62. The third-order valence-corrected chi connectivity index (χ3v) is 5.13. The Hall–Kier alpha value is -1.05. The highest BCUT2D eigenvalue weighted by molar-refractivity contribution is 5.94. The van der Waals surface area contributed by atoms with E-state index in [9.17, 15) is 4.79 Å². The molecule has 0 N–H and O–H groups in total. The van der Waals surface area contributed by atoms with Crippen molar-refractivity contribution in [3.05, 3.63) is 23.3 Å². The maximum Gasteiger partial charge on any atom is 0.335 e. The van der Waals surface area contributed by atoms with Crippen molar-refractivity contribution in [1.82, 2.24) is 0 Å². The normalized spacial score (nSPS) is 42.5. The molecule has 17 heavy (non-hydrogen) atoms. The van der Waals surface area contributed by atoms with Crippen molar-refractivity contribution < 1.29 is 9.53 Å². The molecule has 2 heteroatoms.